The Morgan fingerprint density at radius 3 is 3.00 bits per heavy atom. The number of nitrogens with zero attached hydrogens (tertiary/aromatic N) is 1. The Balaban J connectivity index is 2.24. The third-order valence-corrected chi connectivity index (χ3v) is 2.67. The number of amides is 2. The van der Waals surface area contributed by atoms with Crippen LogP contribution >= 0.6 is 0 Å². The molecule has 3 N–H and O–H groups in total. The lowest BCUT2D eigenvalue weighted by molar-refractivity contribution is -0.128. The molecule has 5 heteroatoms. The molecular formula is C13H15N3O2. The van der Waals surface area contributed by atoms with Crippen molar-refractivity contribution in [2.75, 3.05) is 24.5 Å². The largest absolute Gasteiger partial charge is 0.345 e. The minimum Gasteiger partial charge on any atom is -0.345 e. The van der Waals surface area contributed by atoms with Gasteiger partial charge in [0.05, 0.1) is 6.54 Å². The predicted octanol–water partition coefficient (Wildman–Crippen LogP) is 0.121. The van der Waals surface area contributed by atoms with E-state index in [0.29, 0.717) is 6.54 Å². The van der Waals surface area contributed by atoms with Crippen LogP contribution in [0, 0.1) is 0 Å². The first kappa shape index (κ1) is 12.3. The maximum atomic E-state index is 11.7. The first-order valence-corrected chi connectivity index (χ1v) is 5.74. The molecule has 1 aromatic carbocycles. The molecule has 5 nitrogen and oxygen atoms in total. The van der Waals surface area contributed by atoms with Crippen molar-refractivity contribution in [3.8, 4) is 0 Å². The van der Waals surface area contributed by atoms with Crippen molar-refractivity contribution >= 4 is 23.6 Å². The molecule has 2 amide bonds. The molecule has 1 heterocycles. The van der Waals surface area contributed by atoms with Crippen LogP contribution in [-0.2, 0) is 9.59 Å². The van der Waals surface area contributed by atoms with Crippen LogP contribution in [0.1, 0.15) is 5.56 Å². The summed E-state index contributed by atoms with van der Waals surface area (Å²) >= 11 is 0. The van der Waals surface area contributed by atoms with Crippen LogP contribution in [0.4, 0.5) is 5.69 Å². The molecule has 0 atom stereocenters. The standard InChI is InChI=1S/C13H15N3O2/c14-6-2-4-10-3-1-5-11(7-10)16-9-12(17)15-8-13(16)18/h1-5,7H,6,8-9,14H2,(H,15,17)/b4-2+. The normalized spacial score (nSPS) is 16.2. The Morgan fingerprint density at radius 1 is 1.39 bits per heavy atom. The third-order valence-electron chi connectivity index (χ3n) is 2.67. The molecule has 0 bridgehead atoms. The molecule has 1 fully saturated rings. The molecule has 0 unspecified atom stereocenters. The van der Waals surface area contributed by atoms with E-state index in [0.717, 1.165) is 11.3 Å². The van der Waals surface area contributed by atoms with Gasteiger partial charge in [-0.15, -0.1) is 0 Å². The summed E-state index contributed by atoms with van der Waals surface area (Å²) in [5.41, 5.74) is 7.08. The summed E-state index contributed by atoms with van der Waals surface area (Å²) in [5, 5.41) is 2.52. The fraction of sp³-hybridized carbons (Fsp3) is 0.231. The van der Waals surface area contributed by atoms with Gasteiger partial charge < -0.3 is 16.0 Å². The zero-order valence-corrected chi connectivity index (χ0v) is 9.93. The molecule has 94 valence electrons. The third kappa shape index (κ3) is 2.75. The van der Waals surface area contributed by atoms with E-state index < -0.39 is 0 Å². The Hall–Kier alpha value is -2.14. The molecule has 0 radical (unpaired) electrons. The van der Waals surface area contributed by atoms with E-state index in [1.165, 1.54) is 4.90 Å². The number of benzene rings is 1. The number of piperazine rings is 1. The van der Waals surface area contributed by atoms with Crippen molar-refractivity contribution in [3.63, 3.8) is 0 Å². The van der Waals surface area contributed by atoms with Crippen molar-refractivity contribution in [3.05, 3.63) is 35.9 Å². The fourth-order valence-corrected chi connectivity index (χ4v) is 1.79. The Labute approximate surface area is 105 Å². The summed E-state index contributed by atoms with van der Waals surface area (Å²) < 4.78 is 0. The van der Waals surface area contributed by atoms with Crippen LogP contribution in [0.15, 0.2) is 30.3 Å². The minimum atomic E-state index is -0.141. The fourth-order valence-electron chi connectivity index (χ4n) is 1.79. The number of hydrogen-bond acceptors (Lipinski definition) is 3. The van der Waals surface area contributed by atoms with E-state index >= 15 is 0 Å². The lowest BCUT2D eigenvalue weighted by Gasteiger charge is -2.26. The number of hydrogen-bond donors (Lipinski definition) is 2. The van der Waals surface area contributed by atoms with E-state index in [2.05, 4.69) is 5.32 Å². The van der Waals surface area contributed by atoms with Gasteiger partial charge in [-0.25, -0.2) is 0 Å². The van der Waals surface area contributed by atoms with Crippen molar-refractivity contribution in [1.82, 2.24) is 5.32 Å². The predicted molar refractivity (Wildman–Crippen MR) is 69.9 cm³/mol. The molecule has 1 aliphatic rings. The second-order valence-corrected chi connectivity index (χ2v) is 3.99. The maximum absolute atomic E-state index is 11.7. The topological polar surface area (TPSA) is 75.4 Å². The SMILES string of the molecule is NC/C=C/c1cccc(N2CC(=O)NCC2=O)c1. The molecule has 1 saturated heterocycles. The average Bonchev–Trinajstić information content (AvgIpc) is 2.39. The zero-order chi connectivity index (χ0) is 13.0. The van der Waals surface area contributed by atoms with Gasteiger partial charge in [-0.2, -0.15) is 0 Å². The quantitative estimate of drug-likeness (QED) is 0.794. The zero-order valence-electron chi connectivity index (χ0n) is 9.93. The molecule has 18 heavy (non-hydrogen) atoms. The molecule has 0 aliphatic carbocycles. The van der Waals surface area contributed by atoms with Crippen LogP contribution in [0.3, 0.4) is 0 Å². The van der Waals surface area contributed by atoms with Crippen molar-refractivity contribution in [2.45, 2.75) is 0 Å². The van der Waals surface area contributed by atoms with Gasteiger partial charge in [0.1, 0.15) is 6.54 Å². The highest BCUT2D eigenvalue weighted by Crippen LogP contribution is 2.18. The van der Waals surface area contributed by atoms with Gasteiger partial charge in [-0.1, -0.05) is 24.3 Å². The molecule has 2 rings (SSSR count). The number of rotatable bonds is 3. The average molecular weight is 245 g/mol. The first-order chi connectivity index (χ1) is 8.70. The number of carbonyl (C=O) groups excluding carboxylic acids is 2. The molecule has 1 aliphatic heterocycles. The second kappa shape index (κ2) is 5.46. The molecule has 0 saturated carbocycles. The number of carbonyl (C=O) groups is 2. The van der Waals surface area contributed by atoms with Gasteiger partial charge in [0.25, 0.3) is 0 Å². The summed E-state index contributed by atoms with van der Waals surface area (Å²) in [6.45, 7) is 0.597. The van der Waals surface area contributed by atoms with Crippen LogP contribution in [0.25, 0.3) is 6.08 Å². The van der Waals surface area contributed by atoms with Gasteiger partial charge in [0, 0.05) is 12.2 Å². The van der Waals surface area contributed by atoms with Crippen molar-refractivity contribution in [2.24, 2.45) is 5.73 Å². The summed E-state index contributed by atoms with van der Waals surface area (Å²) in [7, 11) is 0. The number of anilines is 1. The Morgan fingerprint density at radius 2 is 2.22 bits per heavy atom. The smallest absolute Gasteiger partial charge is 0.246 e. The van der Waals surface area contributed by atoms with E-state index in [1.54, 1.807) is 0 Å². The van der Waals surface area contributed by atoms with Crippen LogP contribution < -0.4 is 16.0 Å². The first-order valence-electron chi connectivity index (χ1n) is 5.74. The van der Waals surface area contributed by atoms with Crippen molar-refractivity contribution in [1.29, 1.82) is 0 Å². The molecular weight excluding hydrogens is 230 g/mol. The van der Waals surface area contributed by atoms with Gasteiger partial charge >= 0.3 is 0 Å². The highest BCUT2D eigenvalue weighted by atomic mass is 16.2. The van der Waals surface area contributed by atoms with Gasteiger partial charge in [0.15, 0.2) is 0 Å². The summed E-state index contributed by atoms with van der Waals surface area (Å²) in [6, 6.07) is 7.45. The van der Waals surface area contributed by atoms with Crippen LogP contribution in [-0.4, -0.2) is 31.4 Å². The highest BCUT2D eigenvalue weighted by molar-refractivity contribution is 6.04. The monoisotopic (exact) mass is 245 g/mol. The lowest BCUT2D eigenvalue weighted by atomic mass is 10.1. The minimum absolute atomic E-state index is 0.0572. The van der Waals surface area contributed by atoms with E-state index in [4.69, 9.17) is 5.73 Å². The summed E-state index contributed by atoms with van der Waals surface area (Å²) in [4.78, 5) is 24.5. The Bertz CT molecular complexity index is 497. The molecule has 0 aromatic heterocycles. The molecule has 1 aromatic rings. The second-order valence-electron chi connectivity index (χ2n) is 3.99. The molecule has 0 spiro atoms. The van der Waals surface area contributed by atoms with Gasteiger partial charge in [-0.3, -0.25) is 9.59 Å². The van der Waals surface area contributed by atoms with Crippen LogP contribution in [0.5, 0.6) is 0 Å². The van der Waals surface area contributed by atoms with E-state index in [9.17, 15) is 9.59 Å². The van der Waals surface area contributed by atoms with Crippen molar-refractivity contribution < 1.29 is 9.59 Å². The maximum Gasteiger partial charge on any atom is 0.246 e. The lowest BCUT2D eigenvalue weighted by Crippen LogP contribution is -2.51. The van der Waals surface area contributed by atoms with Crippen LogP contribution in [0.2, 0.25) is 0 Å². The van der Waals surface area contributed by atoms with E-state index in [1.807, 2.05) is 36.4 Å². The highest BCUT2D eigenvalue weighted by Gasteiger charge is 2.24. The van der Waals surface area contributed by atoms with E-state index in [-0.39, 0.29) is 24.9 Å². The van der Waals surface area contributed by atoms with Gasteiger partial charge in [0.2, 0.25) is 11.8 Å². The Kier molecular flexibility index (Phi) is 3.74. The summed E-state index contributed by atoms with van der Waals surface area (Å²) in [5.74, 6) is -0.243. The number of nitrogens with one attached hydrogen (secondary N) is 1. The summed E-state index contributed by atoms with van der Waals surface area (Å²) in [6.07, 6.45) is 3.72. The van der Waals surface area contributed by atoms with Gasteiger partial charge in [-0.05, 0) is 17.7 Å². The number of nitrogens with two attached hydrogens (primary N) is 1.